The van der Waals surface area contributed by atoms with Crippen LogP contribution in [-0.2, 0) is 0 Å². The van der Waals surface area contributed by atoms with Crippen molar-refractivity contribution in [2.24, 2.45) is 0 Å². The molecule has 0 saturated heterocycles. The standard InChI is InChI=1S/C18H11N3O2S/c19-12-14(18-20-16-9-1-2-10-17(16)24-18)7-3-5-13-6-4-8-15(11-13)21(22)23/h1-11H. The van der Waals surface area contributed by atoms with Gasteiger partial charge in [-0.15, -0.1) is 11.3 Å². The first-order chi connectivity index (χ1) is 11.7. The lowest BCUT2D eigenvalue weighted by Crippen LogP contribution is -1.87. The molecule has 1 aromatic heterocycles. The van der Waals surface area contributed by atoms with Gasteiger partial charge in [-0.25, -0.2) is 4.98 Å². The number of allylic oxidation sites excluding steroid dienone is 3. The predicted molar refractivity (Wildman–Crippen MR) is 95.3 cm³/mol. The third kappa shape index (κ3) is 3.37. The van der Waals surface area contributed by atoms with Crippen LogP contribution in [0.2, 0.25) is 0 Å². The summed E-state index contributed by atoms with van der Waals surface area (Å²) in [6.07, 6.45) is 5.08. The first-order valence-corrected chi connectivity index (χ1v) is 7.88. The van der Waals surface area contributed by atoms with E-state index in [2.05, 4.69) is 11.1 Å². The summed E-state index contributed by atoms with van der Waals surface area (Å²) in [5, 5.41) is 20.8. The molecule has 0 aliphatic heterocycles. The van der Waals surface area contributed by atoms with Crippen molar-refractivity contribution in [3.8, 4) is 6.07 Å². The summed E-state index contributed by atoms with van der Waals surface area (Å²) in [5.74, 6) is 0. The van der Waals surface area contributed by atoms with Gasteiger partial charge in [0, 0.05) is 12.1 Å². The average Bonchev–Trinajstić information content (AvgIpc) is 3.02. The monoisotopic (exact) mass is 333 g/mol. The van der Waals surface area contributed by atoms with Gasteiger partial charge >= 0.3 is 0 Å². The summed E-state index contributed by atoms with van der Waals surface area (Å²) in [5.41, 5.74) is 2.05. The number of hydrogen-bond acceptors (Lipinski definition) is 5. The molecule has 0 aliphatic rings. The van der Waals surface area contributed by atoms with Gasteiger partial charge in [0.15, 0.2) is 0 Å². The molecule has 6 heteroatoms. The zero-order chi connectivity index (χ0) is 16.9. The Labute approximate surface area is 142 Å². The average molecular weight is 333 g/mol. The van der Waals surface area contributed by atoms with Crippen molar-refractivity contribution in [1.29, 1.82) is 5.26 Å². The number of nitro benzene ring substituents is 1. The number of nitrogens with zero attached hydrogens (tertiary/aromatic N) is 3. The van der Waals surface area contributed by atoms with E-state index in [0.29, 0.717) is 16.1 Å². The van der Waals surface area contributed by atoms with Crippen LogP contribution in [0.25, 0.3) is 21.9 Å². The third-order valence-electron chi connectivity index (χ3n) is 3.28. The second-order valence-electron chi connectivity index (χ2n) is 4.89. The molecule has 24 heavy (non-hydrogen) atoms. The summed E-state index contributed by atoms with van der Waals surface area (Å²) in [6.45, 7) is 0. The van der Waals surface area contributed by atoms with Crippen LogP contribution in [0, 0.1) is 21.4 Å². The van der Waals surface area contributed by atoms with Gasteiger partial charge < -0.3 is 0 Å². The van der Waals surface area contributed by atoms with Crippen molar-refractivity contribution in [3.05, 3.63) is 81.4 Å². The number of non-ortho nitro benzene ring substituents is 1. The number of nitro groups is 1. The van der Waals surface area contributed by atoms with E-state index in [4.69, 9.17) is 0 Å². The van der Waals surface area contributed by atoms with Crippen LogP contribution in [0.4, 0.5) is 5.69 Å². The maximum absolute atomic E-state index is 10.8. The van der Waals surface area contributed by atoms with Gasteiger partial charge in [0.25, 0.3) is 5.69 Å². The Morgan fingerprint density at radius 1 is 1.25 bits per heavy atom. The highest BCUT2D eigenvalue weighted by molar-refractivity contribution is 7.19. The van der Waals surface area contributed by atoms with E-state index in [1.54, 1.807) is 30.4 Å². The van der Waals surface area contributed by atoms with Gasteiger partial charge in [0.2, 0.25) is 0 Å². The van der Waals surface area contributed by atoms with E-state index in [9.17, 15) is 15.4 Å². The smallest absolute Gasteiger partial charge is 0.258 e. The lowest BCUT2D eigenvalue weighted by atomic mass is 10.2. The molecule has 0 fully saturated rings. The minimum Gasteiger partial charge on any atom is -0.258 e. The minimum atomic E-state index is -0.436. The van der Waals surface area contributed by atoms with Gasteiger partial charge in [-0.05, 0) is 23.8 Å². The largest absolute Gasteiger partial charge is 0.270 e. The molecule has 0 radical (unpaired) electrons. The molecule has 3 aromatic rings. The summed E-state index contributed by atoms with van der Waals surface area (Å²) in [4.78, 5) is 14.8. The van der Waals surface area contributed by atoms with Crippen LogP contribution < -0.4 is 0 Å². The van der Waals surface area contributed by atoms with Crippen LogP contribution in [0.1, 0.15) is 10.6 Å². The fourth-order valence-electron chi connectivity index (χ4n) is 2.14. The molecular weight excluding hydrogens is 322 g/mol. The molecule has 0 spiro atoms. The summed E-state index contributed by atoms with van der Waals surface area (Å²) >= 11 is 1.46. The highest BCUT2D eigenvalue weighted by Gasteiger charge is 2.07. The first-order valence-electron chi connectivity index (χ1n) is 7.06. The van der Waals surface area contributed by atoms with E-state index >= 15 is 0 Å². The molecule has 1 heterocycles. The van der Waals surface area contributed by atoms with Gasteiger partial charge in [-0.2, -0.15) is 5.26 Å². The molecule has 0 aliphatic carbocycles. The zero-order valence-corrected chi connectivity index (χ0v) is 13.2. The molecule has 0 unspecified atom stereocenters. The first kappa shape index (κ1) is 15.6. The topological polar surface area (TPSA) is 79.8 Å². The Hall–Kier alpha value is -3.30. The third-order valence-corrected chi connectivity index (χ3v) is 4.35. The molecule has 0 atom stereocenters. The quantitative estimate of drug-likeness (QED) is 0.296. The molecule has 0 saturated carbocycles. The Bertz CT molecular complexity index is 979. The van der Waals surface area contributed by atoms with Gasteiger partial charge in [-0.1, -0.05) is 36.4 Å². The number of benzene rings is 2. The van der Waals surface area contributed by atoms with Crippen molar-refractivity contribution in [2.45, 2.75) is 0 Å². The molecule has 5 nitrogen and oxygen atoms in total. The highest BCUT2D eigenvalue weighted by Crippen LogP contribution is 2.26. The maximum Gasteiger partial charge on any atom is 0.270 e. The SMILES string of the molecule is N#CC(=CC=Cc1cccc([N+](=O)[O-])c1)c1nc2ccccc2s1. The van der Waals surface area contributed by atoms with Crippen molar-refractivity contribution >= 4 is 38.9 Å². The number of aromatic nitrogens is 1. The molecule has 3 rings (SSSR count). The van der Waals surface area contributed by atoms with Crippen LogP contribution in [0.3, 0.4) is 0 Å². The van der Waals surface area contributed by atoms with Crippen molar-refractivity contribution in [1.82, 2.24) is 4.98 Å². The van der Waals surface area contributed by atoms with Crippen LogP contribution in [-0.4, -0.2) is 9.91 Å². The van der Waals surface area contributed by atoms with Crippen molar-refractivity contribution in [2.75, 3.05) is 0 Å². The maximum atomic E-state index is 10.8. The number of fused-ring (bicyclic) bond motifs is 1. The van der Waals surface area contributed by atoms with Gasteiger partial charge in [-0.3, -0.25) is 10.1 Å². The van der Waals surface area contributed by atoms with Crippen LogP contribution >= 0.6 is 11.3 Å². The molecule has 0 N–H and O–H groups in total. The van der Waals surface area contributed by atoms with E-state index in [1.807, 2.05) is 24.3 Å². The van der Waals surface area contributed by atoms with E-state index in [1.165, 1.54) is 23.5 Å². The normalized spacial score (nSPS) is 11.7. The van der Waals surface area contributed by atoms with E-state index in [0.717, 1.165) is 10.2 Å². The number of hydrogen-bond donors (Lipinski definition) is 0. The van der Waals surface area contributed by atoms with Crippen molar-refractivity contribution in [3.63, 3.8) is 0 Å². The van der Waals surface area contributed by atoms with E-state index in [-0.39, 0.29) is 5.69 Å². The lowest BCUT2D eigenvalue weighted by Gasteiger charge is -1.93. The molecule has 0 amide bonds. The fraction of sp³-hybridized carbons (Fsp3) is 0. The number of thiazole rings is 1. The Kier molecular flexibility index (Phi) is 4.45. The Morgan fingerprint density at radius 2 is 2.08 bits per heavy atom. The van der Waals surface area contributed by atoms with Crippen LogP contribution in [0.15, 0.2) is 60.7 Å². The second-order valence-corrected chi connectivity index (χ2v) is 5.92. The predicted octanol–water partition coefficient (Wildman–Crippen LogP) is 4.82. The molecule has 116 valence electrons. The molecular formula is C18H11N3O2S. The number of nitriles is 1. The summed E-state index contributed by atoms with van der Waals surface area (Å²) < 4.78 is 1.02. The number of rotatable bonds is 4. The van der Waals surface area contributed by atoms with Crippen LogP contribution in [0.5, 0.6) is 0 Å². The summed E-state index contributed by atoms with van der Waals surface area (Å²) in [6, 6.07) is 16.2. The highest BCUT2D eigenvalue weighted by atomic mass is 32.1. The Morgan fingerprint density at radius 3 is 2.83 bits per heavy atom. The fourth-order valence-corrected chi connectivity index (χ4v) is 3.08. The molecule has 2 aromatic carbocycles. The summed E-state index contributed by atoms with van der Waals surface area (Å²) in [7, 11) is 0. The molecule has 0 bridgehead atoms. The van der Waals surface area contributed by atoms with Gasteiger partial charge in [0.05, 0.1) is 20.7 Å². The second kappa shape index (κ2) is 6.86. The lowest BCUT2D eigenvalue weighted by molar-refractivity contribution is -0.384. The van der Waals surface area contributed by atoms with Gasteiger partial charge in [0.1, 0.15) is 11.1 Å². The van der Waals surface area contributed by atoms with E-state index < -0.39 is 4.92 Å². The van der Waals surface area contributed by atoms with Crippen molar-refractivity contribution < 1.29 is 4.92 Å². The minimum absolute atomic E-state index is 0.0350. The zero-order valence-electron chi connectivity index (χ0n) is 12.4. The number of para-hydroxylation sites is 1. The Balaban J connectivity index is 1.87.